The van der Waals surface area contributed by atoms with Crippen molar-refractivity contribution in [1.82, 2.24) is 0 Å². The maximum absolute atomic E-state index is 10.8. The van der Waals surface area contributed by atoms with Crippen molar-refractivity contribution in [3.63, 3.8) is 0 Å². The fourth-order valence-corrected chi connectivity index (χ4v) is 1.07. The van der Waals surface area contributed by atoms with Gasteiger partial charge in [-0.2, -0.15) is 0 Å². The van der Waals surface area contributed by atoms with Crippen LogP contribution in [0.2, 0.25) is 0 Å². The molecule has 4 heteroatoms. The minimum absolute atomic E-state index is 0.365. The van der Waals surface area contributed by atoms with Crippen LogP contribution in [0, 0.1) is 6.92 Å². The van der Waals surface area contributed by atoms with Crippen LogP contribution in [0.4, 0.5) is 0 Å². The Morgan fingerprint density at radius 1 is 1.07 bits per heavy atom. The predicted octanol–water partition coefficient (Wildman–Crippen LogP) is 1.85. The molecule has 0 spiro atoms. The molecule has 0 saturated carbocycles. The van der Waals surface area contributed by atoms with Crippen LogP contribution in [-0.2, 0) is 9.59 Å². The summed E-state index contributed by atoms with van der Waals surface area (Å²) in [6.45, 7) is 4.43. The Balaban J connectivity index is 2.94. The van der Waals surface area contributed by atoms with E-state index in [0.717, 1.165) is 5.56 Å². The second-order valence-corrected chi connectivity index (χ2v) is 3.11. The van der Waals surface area contributed by atoms with Crippen molar-refractivity contribution in [1.29, 1.82) is 0 Å². The number of ether oxygens (including phenoxy) is 2. The van der Waals surface area contributed by atoms with Gasteiger partial charge in [0.2, 0.25) is 0 Å². The quantitative estimate of drug-likeness (QED) is 0.549. The van der Waals surface area contributed by atoms with Gasteiger partial charge in [-0.25, -0.2) is 0 Å². The van der Waals surface area contributed by atoms with Crippen LogP contribution < -0.4 is 9.47 Å². The summed E-state index contributed by atoms with van der Waals surface area (Å²) in [5.74, 6) is -0.0451. The average Bonchev–Trinajstić information content (AvgIpc) is 2.09. The zero-order valence-electron chi connectivity index (χ0n) is 8.87. The Bertz CT molecular complexity index is 396. The maximum atomic E-state index is 10.8. The monoisotopic (exact) mass is 208 g/mol. The van der Waals surface area contributed by atoms with Crippen LogP contribution in [0.5, 0.6) is 11.5 Å². The molecule has 1 rings (SSSR count). The lowest BCUT2D eigenvalue weighted by Gasteiger charge is -2.07. The van der Waals surface area contributed by atoms with Crippen molar-refractivity contribution in [3.05, 3.63) is 23.8 Å². The molecule has 0 saturated heterocycles. The number of hydrogen-bond donors (Lipinski definition) is 0. The van der Waals surface area contributed by atoms with Crippen LogP contribution in [0.25, 0.3) is 0 Å². The Morgan fingerprint density at radius 2 is 1.67 bits per heavy atom. The average molecular weight is 208 g/mol. The van der Waals surface area contributed by atoms with Gasteiger partial charge in [-0.3, -0.25) is 9.59 Å². The molecule has 1 aromatic carbocycles. The SMILES string of the molecule is CC(=O)Oc1ccc(C)c(OC(C)=O)c1. The first-order valence-electron chi connectivity index (χ1n) is 4.46. The number of esters is 2. The molecule has 0 N–H and O–H groups in total. The third-order valence-corrected chi connectivity index (χ3v) is 1.67. The Kier molecular flexibility index (Phi) is 3.44. The van der Waals surface area contributed by atoms with Gasteiger partial charge in [-0.05, 0) is 18.6 Å². The van der Waals surface area contributed by atoms with E-state index in [2.05, 4.69) is 0 Å². The summed E-state index contributed by atoms with van der Waals surface area (Å²) in [7, 11) is 0. The van der Waals surface area contributed by atoms with E-state index in [1.54, 1.807) is 19.1 Å². The van der Waals surface area contributed by atoms with E-state index < -0.39 is 11.9 Å². The van der Waals surface area contributed by atoms with Crippen molar-refractivity contribution in [2.24, 2.45) is 0 Å². The lowest BCUT2D eigenvalue weighted by atomic mass is 10.2. The fraction of sp³-hybridized carbons (Fsp3) is 0.273. The highest BCUT2D eigenvalue weighted by atomic mass is 16.5. The topological polar surface area (TPSA) is 52.6 Å². The van der Waals surface area contributed by atoms with E-state index >= 15 is 0 Å². The molecule has 0 aliphatic carbocycles. The first-order chi connectivity index (χ1) is 6.99. The first kappa shape index (κ1) is 11.2. The van der Waals surface area contributed by atoms with Crippen molar-refractivity contribution < 1.29 is 19.1 Å². The summed E-state index contributed by atoms with van der Waals surface area (Å²) < 4.78 is 9.80. The van der Waals surface area contributed by atoms with E-state index in [1.165, 1.54) is 19.9 Å². The highest BCUT2D eigenvalue weighted by Crippen LogP contribution is 2.24. The number of hydrogen-bond acceptors (Lipinski definition) is 4. The normalized spacial score (nSPS) is 9.53. The van der Waals surface area contributed by atoms with Gasteiger partial charge in [0.15, 0.2) is 0 Å². The zero-order valence-corrected chi connectivity index (χ0v) is 8.87. The van der Waals surface area contributed by atoms with Gasteiger partial charge in [0.1, 0.15) is 11.5 Å². The number of carbonyl (C=O) groups is 2. The molecule has 0 aliphatic heterocycles. The highest BCUT2D eigenvalue weighted by Gasteiger charge is 2.06. The number of aryl methyl sites for hydroxylation is 1. The maximum Gasteiger partial charge on any atom is 0.308 e. The third kappa shape index (κ3) is 3.42. The largest absolute Gasteiger partial charge is 0.427 e. The van der Waals surface area contributed by atoms with E-state index in [0.29, 0.717) is 11.5 Å². The molecule has 0 aliphatic rings. The summed E-state index contributed by atoms with van der Waals surface area (Å²) in [6, 6.07) is 4.87. The standard InChI is InChI=1S/C11H12O4/c1-7-4-5-10(14-8(2)12)6-11(7)15-9(3)13/h4-6H,1-3H3. The molecular formula is C11H12O4. The van der Waals surface area contributed by atoms with E-state index in [9.17, 15) is 9.59 Å². The van der Waals surface area contributed by atoms with Gasteiger partial charge in [0.05, 0.1) is 0 Å². The number of rotatable bonds is 2. The summed E-state index contributed by atoms with van der Waals surface area (Å²) in [5, 5.41) is 0. The van der Waals surface area contributed by atoms with Crippen LogP contribution in [0.1, 0.15) is 19.4 Å². The lowest BCUT2D eigenvalue weighted by Crippen LogP contribution is -2.05. The molecule has 0 heterocycles. The van der Waals surface area contributed by atoms with Gasteiger partial charge in [0, 0.05) is 19.9 Å². The Labute approximate surface area is 87.8 Å². The van der Waals surface area contributed by atoms with Crippen LogP contribution in [-0.4, -0.2) is 11.9 Å². The molecule has 0 fully saturated rings. The molecule has 0 unspecified atom stereocenters. The van der Waals surface area contributed by atoms with Crippen molar-refractivity contribution >= 4 is 11.9 Å². The predicted molar refractivity (Wildman–Crippen MR) is 53.8 cm³/mol. The Morgan fingerprint density at radius 3 is 2.20 bits per heavy atom. The van der Waals surface area contributed by atoms with Gasteiger partial charge in [-0.1, -0.05) is 6.07 Å². The molecule has 15 heavy (non-hydrogen) atoms. The number of benzene rings is 1. The highest BCUT2D eigenvalue weighted by molar-refractivity contribution is 5.71. The summed E-state index contributed by atoms with van der Waals surface area (Å²) in [6.07, 6.45) is 0. The van der Waals surface area contributed by atoms with Crippen LogP contribution >= 0.6 is 0 Å². The third-order valence-electron chi connectivity index (χ3n) is 1.67. The van der Waals surface area contributed by atoms with E-state index in [4.69, 9.17) is 9.47 Å². The molecule has 0 radical (unpaired) electrons. The summed E-state index contributed by atoms with van der Waals surface area (Å²) >= 11 is 0. The second-order valence-electron chi connectivity index (χ2n) is 3.11. The second kappa shape index (κ2) is 4.59. The van der Waals surface area contributed by atoms with E-state index in [-0.39, 0.29) is 0 Å². The molecule has 80 valence electrons. The minimum atomic E-state index is -0.410. The van der Waals surface area contributed by atoms with Crippen LogP contribution in [0.3, 0.4) is 0 Å². The molecular weight excluding hydrogens is 196 g/mol. The Hall–Kier alpha value is -1.84. The molecule has 0 amide bonds. The van der Waals surface area contributed by atoms with Crippen molar-refractivity contribution in [2.75, 3.05) is 0 Å². The molecule has 0 atom stereocenters. The molecule has 1 aromatic rings. The molecule has 4 nitrogen and oxygen atoms in total. The van der Waals surface area contributed by atoms with Gasteiger partial charge < -0.3 is 9.47 Å². The van der Waals surface area contributed by atoms with Gasteiger partial charge >= 0.3 is 11.9 Å². The number of carbonyl (C=O) groups excluding carboxylic acids is 2. The summed E-state index contributed by atoms with van der Waals surface area (Å²) in [5.41, 5.74) is 0.807. The van der Waals surface area contributed by atoms with Crippen molar-refractivity contribution in [3.8, 4) is 11.5 Å². The van der Waals surface area contributed by atoms with Gasteiger partial charge in [-0.15, -0.1) is 0 Å². The molecule has 0 aromatic heterocycles. The zero-order chi connectivity index (χ0) is 11.4. The van der Waals surface area contributed by atoms with Crippen LogP contribution in [0.15, 0.2) is 18.2 Å². The minimum Gasteiger partial charge on any atom is -0.427 e. The van der Waals surface area contributed by atoms with Crippen molar-refractivity contribution in [2.45, 2.75) is 20.8 Å². The van der Waals surface area contributed by atoms with Gasteiger partial charge in [0.25, 0.3) is 0 Å². The first-order valence-corrected chi connectivity index (χ1v) is 4.46. The smallest absolute Gasteiger partial charge is 0.308 e. The van der Waals surface area contributed by atoms with E-state index in [1.807, 2.05) is 0 Å². The lowest BCUT2D eigenvalue weighted by molar-refractivity contribution is -0.132. The fourth-order valence-electron chi connectivity index (χ4n) is 1.07. The molecule has 0 bridgehead atoms. The summed E-state index contributed by atoms with van der Waals surface area (Å²) in [4.78, 5) is 21.5.